The molecule has 1 amide bonds. The van der Waals surface area contributed by atoms with Crippen molar-refractivity contribution in [3.05, 3.63) is 0 Å². The lowest BCUT2D eigenvalue weighted by atomic mass is 10.2. The van der Waals surface area contributed by atoms with Crippen LogP contribution in [0, 0.1) is 0 Å². The van der Waals surface area contributed by atoms with Crippen LogP contribution < -0.4 is 5.73 Å². The van der Waals surface area contributed by atoms with Crippen molar-refractivity contribution in [3.8, 4) is 0 Å². The van der Waals surface area contributed by atoms with Gasteiger partial charge in [-0.15, -0.1) is 0 Å². The summed E-state index contributed by atoms with van der Waals surface area (Å²) in [6.07, 6.45) is -0.259. The summed E-state index contributed by atoms with van der Waals surface area (Å²) in [6, 6.07) is 0. The molecule has 0 saturated carbocycles. The van der Waals surface area contributed by atoms with E-state index in [1.165, 1.54) is 0 Å². The van der Waals surface area contributed by atoms with E-state index in [9.17, 15) is 4.79 Å². The SMILES string of the molecule is CC(C)(C)OC(=O)N1CCN(C(N)=NCCN2CCOCC2)CC1. The zero-order chi connectivity index (χ0) is 17.6. The van der Waals surface area contributed by atoms with Gasteiger partial charge in [0.2, 0.25) is 0 Å². The van der Waals surface area contributed by atoms with Crippen molar-refractivity contribution in [2.45, 2.75) is 26.4 Å². The first-order valence-electron chi connectivity index (χ1n) is 8.68. The molecule has 0 bridgehead atoms. The fraction of sp³-hybridized carbons (Fsp3) is 0.875. The highest BCUT2D eigenvalue weighted by atomic mass is 16.6. The zero-order valence-corrected chi connectivity index (χ0v) is 15.2. The van der Waals surface area contributed by atoms with Crippen LogP contribution in [0.2, 0.25) is 0 Å². The van der Waals surface area contributed by atoms with Crippen LogP contribution >= 0.6 is 0 Å². The molecule has 0 aromatic heterocycles. The van der Waals surface area contributed by atoms with Crippen LogP contribution in [0.25, 0.3) is 0 Å². The fourth-order valence-corrected chi connectivity index (χ4v) is 2.68. The van der Waals surface area contributed by atoms with Crippen molar-refractivity contribution in [2.75, 3.05) is 65.6 Å². The number of amides is 1. The van der Waals surface area contributed by atoms with E-state index in [0.717, 1.165) is 32.8 Å². The standard InChI is InChI=1S/C16H31N5O3/c1-16(2,3)24-15(22)21-8-6-20(7-9-21)14(17)18-4-5-19-10-12-23-13-11-19/h4-13H2,1-3H3,(H2,17,18). The topological polar surface area (TPSA) is 83.6 Å². The predicted molar refractivity (Wildman–Crippen MR) is 93.1 cm³/mol. The number of piperazine rings is 1. The third-order valence-electron chi connectivity index (χ3n) is 4.05. The number of morpholine rings is 1. The molecule has 8 heteroatoms. The Labute approximate surface area is 144 Å². The molecule has 0 spiro atoms. The minimum atomic E-state index is -0.464. The summed E-state index contributed by atoms with van der Waals surface area (Å²) in [4.78, 5) is 22.6. The molecule has 24 heavy (non-hydrogen) atoms. The molecule has 2 rings (SSSR count). The molecule has 0 unspecified atom stereocenters. The number of nitrogens with zero attached hydrogens (tertiary/aromatic N) is 4. The number of hydrogen-bond acceptors (Lipinski definition) is 5. The first-order valence-corrected chi connectivity index (χ1v) is 8.68. The zero-order valence-electron chi connectivity index (χ0n) is 15.2. The summed E-state index contributed by atoms with van der Waals surface area (Å²) >= 11 is 0. The number of carbonyl (C=O) groups is 1. The molecule has 0 aliphatic carbocycles. The van der Waals surface area contributed by atoms with E-state index in [2.05, 4.69) is 9.89 Å². The largest absolute Gasteiger partial charge is 0.444 e. The lowest BCUT2D eigenvalue weighted by Gasteiger charge is -2.36. The Morgan fingerprint density at radius 1 is 1.08 bits per heavy atom. The van der Waals surface area contributed by atoms with E-state index in [0.29, 0.717) is 38.7 Å². The van der Waals surface area contributed by atoms with Gasteiger partial charge in [-0.05, 0) is 20.8 Å². The Morgan fingerprint density at radius 3 is 2.25 bits per heavy atom. The Hall–Kier alpha value is -1.54. The minimum absolute atomic E-state index is 0.259. The summed E-state index contributed by atoms with van der Waals surface area (Å²) in [5, 5.41) is 0. The number of aliphatic imine (C=N–C) groups is 1. The number of nitrogens with two attached hydrogens (primary N) is 1. The molecule has 2 aliphatic heterocycles. The van der Waals surface area contributed by atoms with Crippen LogP contribution in [0.15, 0.2) is 4.99 Å². The average molecular weight is 341 g/mol. The summed E-state index contributed by atoms with van der Waals surface area (Å²) in [7, 11) is 0. The third kappa shape index (κ3) is 6.16. The molecule has 2 heterocycles. The third-order valence-corrected chi connectivity index (χ3v) is 4.05. The summed E-state index contributed by atoms with van der Waals surface area (Å²) in [5.41, 5.74) is 5.62. The molecule has 2 fully saturated rings. The van der Waals surface area contributed by atoms with Crippen molar-refractivity contribution in [2.24, 2.45) is 10.7 Å². The van der Waals surface area contributed by atoms with Crippen molar-refractivity contribution in [1.82, 2.24) is 14.7 Å². The highest BCUT2D eigenvalue weighted by molar-refractivity contribution is 5.78. The van der Waals surface area contributed by atoms with E-state index in [4.69, 9.17) is 15.2 Å². The van der Waals surface area contributed by atoms with Crippen LogP contribution in [0.3, 0.4) is 0 Å². The van der Waals surface area contributed by atoms with Gasteiger partial charge >= 0.3 is 6.09 Å². The summed E-state index contributed by atoms with van der Waals surface area (Å²) in [5.74, 6) is 0.562. The molecule has 8 nitrogen and oxygen atoms in total. The number of rotatable bonds is 3. The van der Waals surface area contributed by atoms with Gasteiger partial charge in [0.1, 0.15) is 5.60 Å². The number of hydrogen-bond donors (Lipinski definition) is 1. The van der Waals surface area contributed by atoms with Crippen molar-refractivity contribution >= 4 is 12.1 Å². The predicted octanol–water partition coefficient (Wildman–Crippen LogP) is 0.186. The Morgan fingerprint density at radius 2 is 1.67 bits per heavy atom. The van der Waals surface area contributed by atoms with Crippen LogP contribution in [0.5, 0.6) is 0 Å². The van der Waals surface area contributed by atoms with Gasteiger partial charge in [-0.3, -0.25) is 9.89 Å². The van der Waals surface area contributed by atoms with Gasteiger partial charge in [0, 0.05) is 45.8 Å². The van der Waals surface area contributed by atoms with Gasteiger partial charge in [-0.1, -0.05) is 0 Å². The second kappa shape index (κ2) is 8.53. The first kappa shape index (κ1) is 18.8. The smallest absolute Gasteiger partial charge is 0.410 e. The first-order chi connectivity index (χ1) is 11.3. The lowest BCUT2D eigenvalue weighted by Crippen LogP contribution is -2.53. The number of carbonyl (C=O) groups excluding carboxylic acids is 1. The van der Waals surface area contributed by atoms with Gasteiger partial charge in [-0.25, -0.2) is 4.79 Å². The van der Waals surface area contributed by atoms with Crippen LogP contribution in [0.4, 0.5) is 4.79 Å². The maximum absolute atomic E-state index is 12.0. The second-order valence-electron chi connectivity index (χ2n) is 7.15. The van der Waals surface area contributed by atoms with Gasteiger partial charge in [0.05, 0.1) is 19.8 Å². The Balaban J connectivity index is 1.70. The second-order valence-corrected chi connectivity index (χ2v) is 7.15. The molecule has 2 N–H and O–H groups in total. The summed E-state index contributed by atoms with van der Waals surface area (Å²) < 4.78 is 10.7. The highest BCUT2D eigenvalue weighted by Gasteiger charge is 2.26. The average Bonchev–Trinajstić information content (AvgIpc) is 2.54. The molecule has 0 radical (unpaired) electrons. The van der Waals surface area contributed by atoms with E-state index in [1.54, 1.807) is 4.90 Å². The molecule has 0 aromatic rings. The molecular weight excluding hydrogens is 310 g/mol. The normalized spacial score (nSPS) is 21.0. The van der Waals surface area contributed by atoms with Gasteiger partial charge in [-0.2, -0.15) is 0 Å². The van der Waals surface area contributed by atoms with E-state index in [-0.39, 0.29) is 6.09 Å². The fourth-order valence-electron chi connectivity index (χ4n) is 2.68. The van der Waals surface area contributed by atoms with Crippen molar-refractivity contribution < 1.29 is 14.3 Å². The molecule has 2 saturated heterocycles. The van der Waals surface area contributed by atoms with Crippen LogP contribution in [-0.4, -0.2) is 97.9 Å². The number of ether oxygens (including phenoxy) is 2. The maximum atomic E-state index is 12.0. The quantitative estimate of drug-likeness (QED) is 0.583. The lowest BCUT2D eigenvalue weighted by molar-refractivity contribution is 0.0186. The van der Waals surface area contributed by atoms with E-state index >= 15 is 0 Å². The highest BCUT2D eigenvalue weighted by Crippen LogP contribution is 2.11. The molecule has 0 atom stereocenters. The van der Waals surface area contributed by atoms with Crippen LogP contribution in [-0.2, 0) is 9.47 Å². The Kier molecular flexibility index (Phi) is 6.68. The molecule has 2 aliphatic rings. The van der Waals surface area contributed by atoms with Crippen LogP contribution in [0.1, 0.15) is 20.8 Å². The minimum Gasteiger partial charge on any atom is -0.444 e. The molecule has 138 valence electrons. The van der Waals surface area contributed by atoms with Crippen molar-refractivity contribution in [3.63, 3.8) is 0 Å². The Bertz CT molecular complexity index is 435. The van der Waals surface area contributed by atoms with E-state index < -0.39 is 5.60 Å². The molecular formula is C16H31N5O3. The van der Waals surface area contributed by atoms with Gasteiger partial charge < -0.3 is 25.0 Å². The van der Waals surface area contributed by atoms with E-state index in [1.807, 2.05) is 25.7 Å². The van der Waals surface area contributed by atoms with Crippen molar-refractivity contribution in [1.29, 1.82) is 0 Å². The monoisotopic (exact) mass is 341 g/mol. The van der Waals surface area contributed by atoms with Gasteiger partial charge in [0.25, 0.3) is 0 Å². The number of guanidine groups is 1. The maximum Gasteiger partial charge on any atom is 0.410 e. The van der Waals surface area contributed by atoms with Gasteiger partial charge in [0.15, 0.2) is 5.96 Å². The summed E-state index contributed by atoms with van der Waals surface area (Å²) in [6.45, 7) is 13.3. The molecule has 0 aromatic carbocycles.